The fourth-order valence-electron chi connectivity index (χ4n) is 9.77. The van der Waals surface area contributed by atoms with Crippen LogP contribution in [0.4, 0.5) is 34.4 Å². The Morgan fingerprint density at radius 2 is 0.621 bits per heavy atom. The van der Waals surface area contributed by atoms with Crippen LogP contribution in [0.3, 0.4) is 0 Å². The highest BCUT2D eigenvalue weighted by atomic mass is 28.3. The van der Waals surface area contributed by atoms with Crippen LogP contribution in [0.2, 0.25) is 0 Å². The fraction of sp³-hybridized carbons (Fsp3) is 0. The van der Waals surface area contributed by atoms with Crippen molar-refractivity contribution >= 4 is 92.0 Å². The van der Waals surface area contributed by atoms with Crippen molar-refractivity contribution in [2.75, 3.05) is 9.80 Å². The maximum absolute atomic E-state index is 5.66. The Kier molecular flexibility index (Phi) is 8.09. The van der Waals surface area contributed by atoms with E-state index in [2.05, 4.69) is 222 Å². The molecule has 9 aromatic rings. The molecule has 0 bridgehead atoms. The summed E-state index contributed by atoms with van der Waals surface area (Å²) in [5.41, 5.74) is 4.54. The molecule has 0 fully saturated rings. The maximum atomic E-state index is 5.66. The summed E-state index contributed by atoms with van der Waals surface area (Å²) >= 11 is 0. The van der Waals surface area contributed by atoms with Crippen LogP contribution in [-0.4, -0.2) is 31.1 Å². The molecule has 0 unspecified atom stereocenters. The van der Waals surface area contributed by atoms with Crippen LogP contribution in [0.25, 0.3) is 0 Å². The lowest BCUT2D eigenvalue weighted by atomic mass is 10.2. The van der Waals surface area contributed by atoms with Gasteiger partial charge < -0.3 is 0 Å². The minimum atomic E-state index is -2.82. The smallest absolute Gasteiger partial charge is 0.185 e. The molecule has 0 saturated heterocycles. The number of hydrogen-bond acceptors (Lipinski definition) is 5. The highest BCUT2D eigenvalue weighted by Crippen LogP contribution is 2.41. The number of anilines is 6. The summed E-state index contributed by atoms with van der Waals surface area (Å²) in [5, 5.41) is 10.4. The summed E-state index contributed by atoms with van der Waals surface area (Å²) in [6.07, 6.45) is 7.91. The zero-order valence-electron chi connectivity index (χ0n) is 31.6. The van der Waals surface area contributed by atoms with E-state index in [0.29, 0.717) is 0 Å². The zero-order chi connectivity index (χ0) is 38.5. The number of para-hydroxylation sites is 4. The van der Waals surface area contributed by atoms with Gasteiger partial charge in [0.15, 0.2) is 16.1 Å². The molecule has 3 aromatic heterocycles. The van der Waals surface area contributed by atoms with Gasteiger partial charge in [0.1, 0.15) is 11.6 Å². The molecule has 0 aliphatic carbocycles. The van der Waals surface area contributed by atoms with E-state index >= 15 is 0 Å². The number of rotatable bonds is 6. The van der Waals surface area contributed by atoms with Gasteiger partial charge in [-0.05, 0) is 90.0 Å². The van der Waals surface area contributed by atoms with Crippen molar-refractivity contribution in [3.05, 3.63) is 225 Å². The van der Waals surface area contributed by atoms with Crippen molar-refractivity contribution in [2.24, 2.45) is 0 Å². The quantitative estimate of drug-likeness (QED) is 0.189. The van der Waals surface area contributed by atoms with E-state index in [1.54, 1.807) is 0 Å². The van der Waals surface area contributed by atoms with E-state index in [4.69, 9.17) is 15.0 Å². The molecule has 58 heavy (non-hydrogen) atoms. The molecule has 11 rings (SSSR count). The summed E-state index contributed by atoms with van der Waals surface area (Å²) in [4.78, 5) is 19.8. The molecule has 2 aliphatic heterocycles. The average Bonchev–Trinajstić information content (AvgIpc) is 3.31. The largest absolute Gasteiger partial charge is 0.295 e. The normalized spacial score (nSPS) is 14.4. The van der Waals surface area contributed by atoms with E-state index < -0.39 is 16.1 Å². The Morgan fingerprint density at radius 1 is 0.293 bits per heavy atom. The summed E-state index contributed by atoms with van der Waals surface area (Å²) < 4.78 is 0. The van der Waals surface area contributed by atoms with Crippen LogP contribution in [0, 0.1) is 0 Å². The van der Waals surface area contributed by atoms with Gasteiger partial charge in [-0.1, -0.05) is 152 Å². The summed E-state index contributed by atoms with van der Waals surface area (Å²) in [5.74, 6) is 1.72. The highest BCUT2D eigenvalue weighted by Gasteiger charge is 2.51. The summed E-state index contributed by atoms with van der Waals surface area (Å²) in [6, 6.07) is 73.0. The maximum Gasteiger partial charge on any atom is 0.185 e. The van der Waals surface area contributed by atoms with Crippen molar-refractivity contribution in [2.45, 2.75) is 0 Å². The molecule has 6 aromatic carbocycles. The van der Waals surface area contributed by atoms with Gasteiger partial charge in [0.05, 0.1) is 0 Å². The first-order valence-electron chi connectivity index (χ1n) is 19.7. The van der Waals surface area contributed by atoms with E-state index in [1.165, 1.54) is 41.5 Å². The molecule has 5 heterocycles. The average molecular weight is 776 g/mol. The predicted octanol–water partition coefficient (Wildman–Crippen LogP) is 6.19. The zero-order valence-corrected chi connectivity index (χ0v) is 33.6. The minimum absolute atomic E-state index is 0.860. The van der Waals surface area contributed by atoms with E-state index in [9.17, 15) is 0 Å². The van der Waals surface area contributed by atoms with E-state index in [-0.39, 0.29) is 0 Å². The van der Waals surface area contributed by atoms with Crippen LogP contribution in [-0.2, 0) is 0 Å². The molecule has 5 nitrogen and oxygen atoms in total. The van der Waals surface area contributed by atoms with Gasteiger partial charge in [-0.15, -0.1) is 0 Å². The lowest BCUT2D eigenvalue weighted by Gasteiger charge is -2.45. The second-order valence-corrected chi connectivity index (χ2v) is 22.3. The van der Waals surface area contributed by atoms with Crippen LogP contribution < -0.4 is 51.3 Å². The fourth-order valence-corrected chi connectivity index (χ4v) is 19.8. The molecule has 2 aliphatic rings. The SMILES string of the molecule is c1ccc([Si]2(c3cccnc3)c3ccccc3N(c3cccc(N4c5ccccc5[Si](c5ccccc5)(c5cccnc5)c5ccccc54)n3)c3ccccc32)cc1. The summed E-state index contributed by atoms with van der Waals surface area (Å²) in [6.45, 7) is 0. The Morgan fingerprint density at radius 3 is 0.966 bits per heavy atom. The first kappa shape index (κ1) is 34.1. The molecule has 0 amide bonds. The molecular weight excluding hydrogens is 739 g/mol. The van der Waals surface area contributed by atoms with Gasteiger partial charge in [0.25, 0.3) is 0 Å². The number of pyridine rings is 3. The standard InChI is InChI=1S/C51H37N5Si2/c1-3-18-38(19-4-1)57(40-22-16-34-52-36-40)46-28-11-7-24-42(46)55(43-25-8-12-29-47(43)57)50-32-15-33-51(54-50)56-44-26-9-13-30-48(44)58(39-20-5-2-6-21-39,41-23-17-35-53-37-41)49-31-14-10-27-45(49)56/h1-37H. The van der Waals surface area contributed by atoms with Gasteiger partial charge >= 0.3 is 0 Å². The number of fused-ring (bicyclic) bond motifs is 4. The molecule has 0 spiro atoms. The Bertz CT molecular complexity index is 2550. The van der Waals surface area contributed by atoms with Crippen molar-refractivity contribution in [1.29, 1.82) is 0 Å². The Hall–Kier alpha value is -7.20. The Labute approximate surface area is 340 Å². The van der Waals surface area contributed by atoms with Crippen LogP contribution in [0.5, 0.6) is 0 Å². The van der Waals surface area contributed by atoms with Crippen molar-refractivity contribution in [1.82, 2.24) is 15.0 Å². The van der Waals surface area contributed by atoms with Gasteiger partial charge in [-0.3, -0.25) is 19.8 Å². The summed E-state index contributed by atoms with van der Waals surface area (Å²) in [7, 11) is -5.63. The number of hydrogen-bond donors (Lipinski definition) is 0. The number of nitrogens with zero attached hydrogens (tertiary/aromatic N) is 5. The third-order valence-corrected chi connectivity index (χ3v) is 21.6. The third-order valence-electron chi connectivity index (χ3n) is 12.0. The first-order valence-corrected chi connectivity index (χ1v) is 23.7. The number of aromatic nitrogens is 3. The van der Waals surface area contributed by atoms with Gasteiger partial charge in [0.2, 0.25) is 0 Å². The van der Waals surface area contributed by atoms with Crippen LogP contribution >= 0.6 is 0 Å². The van der Waals surface area contributed by atoms with Crippen LogP contribution in [0.15, 0.2) is 225 Å². The lowest BCUT2D eigenvalue weighted by molar-refractivity contribution is 1.13. The molecular formula is C51H37N5Si2. The van der Waals surface area contributed by atoms with Crippen molar-refractivity contribution < 1.29 is 0 Å². The monoisotopic (exact) mass is 775 g/mol. The van der Waals surface area contributed by atoms with Gasteiger partial charge in [0, 0.05) is 47.5 Å². The second-order valence-electron chi connectivity index (χ2n) is 14.8. The van der Waals surface area contributed by atoms with Crippen molar-refractivity contribution in [3.63, 3.8) is 0 Å². The second kappa shape index (κ2) is 13.8. The number of benzene rings is 6. The molecule has 0 radical (unpaired) electrons. The van der Waals surface area contributed by atoms with Crippen molar-refractivity contribution in [3.8, 4) is 0 Å². The molecule has 7 heteroatoms. The van der Waals surface area contributed by atoms with Gasteiger partial charge in [-0.2, -0.15) is 0 Å². The third kappa shape index (κ3) is 4.90. The molecule has 274 valence electrons. The molecule has 0 saturated carbocycles. The minimum Gasteiger partial charge on any atom is -0.295 e. The predicted molar refractivity (Wildman–Crippen MR) is 244 cm³/mol. The molecule has 0 atom stereocenters. The van der Waals surface area contributed by atoms with Crippen LogP contribution in [0.1, 0.15) is 0 Å². The molecule has 0 N–H and O–H groups in total. The van der Waals surface area contributed by atoms with E-state index in [0.717, 1.165) is 34.4 Å². The van der Waals surface area contributed by atoms with Gasteiger partial charge in [-0.25, -0.2) is 4.98 Å². The highest BCUT2D eigenvalue weighted by molar-refractivity contribution is 7.22. The Balaban J connectivity index is 1.14. The lowest BCUT2D eigenvalue weighted by Crippen LogP contribution is -2.77. The van der Waals surface area contributed by atoms with E-state index in [1.807, 2.05) is 12.4 Å². The topological polar surface area (TPSA) is 45.2 Å². The first-order chi connectivity index (χ1) is 28.8.